The van der Waals surface area contributed by atoms with Gasteiger partial charge in [0.15, 0.2) is 12.1 Å². The fourth-order valence-electron chi connectivity index (χ4n) is 0.814. The van der Waals surface area contributed by atoms with Crippen LogP contribution in [0.5, 0.6) is 0 Å². The number of imidazole rings is 1. The second-order valence-corrected chi connectivity index (χ2v) is 3.91. The summed E-state index contributed by atoms with van der Waals surface area (Å²) in [5, 5.41) is 0. The van der Waals surface area contributed by atoms with Crippen LogP contribution < -0.4 is 4.90 Å². The highest BCUT2D eigenvalue weighted by Gasteiger charge is 2.21. The van der Waals surface area contributed by atoms with Crippen molar-refractivity contribution >= 4 is 11.9 Å². The van der Waals surface area contributed by atoms with Crippen LogP contribution in [0, 0.1) is 6.33 Å². The maximum absolute atomic E-state index is 11.5. The number of ether oxygens (including phenoxy) is 1. The maximum Gasteiger partial charge on any atom is 0.415 e. The highest BCUT2D eigenvalue weighted by atomic mass is 16.6. The molecule has 0 atom stereocenters. The predicted octanol–water partition coefficient (Wildman–Crippen LogP) is 1.58. The Labute approximate surface area is 83.1 Å². The van der Waals surface area contributed by atoms with Crippen molar-refractivity contribution < 1.29 is 9.53 Å². The fourth-order valence-corrected chi connectivity index (χ4v) is 0.814. The minimum atomic E-state index is -0.495. The Kier molecular flexibility index (Phi) is 2.78. The summed E-state index contributed by atoms with van der Waals surface area (Å²) in [5.41, 5.74) is -0.495. The SMILES string of the molecule is CN(C(=O)OC(C)(C)C)c1c[nH][c]n1. The van der Waals surface area contributed by atoms with E-state index in [-0.39, 0.29) is 0 Å². The second kappa shape index (κ2) is 3.69. The molecule has 1 heterocycles. The highest BCUT2D eigenvalue weighted by Crippen LogP contribution is 2.12. The molecule has 14 heavy (non-hydrogen) atoms. The van der Waals surface area contributed by atoms with Crippen LogP contribution >= 0.6 is 0 Å². The Bertz CT molecular complexity index is 300. The molecule has 1 aromatic rings. The molecule has 0 aliphatic carbocycles. The molecule has 0 spiro atoms. The van der Waals surface area contributed by atoms with E-state index >= 15 is 0 Å². The van der Waals surface area contributed by atoms with Crippen molar-refractivity contribution in [1.82, 2.24) is 9.97 Å². The number of H-pyrrole nitrogens is 1. The summed E-state index contributed by atoms with van der Waals surface area (Å²) in [6.45, 7) is 5.44. The zero-order valence-corrected chi connectivity index (χ0v) is 8.79. The number of hydrogen-bond donors (Lipinski definition) is 1. The van der Waals surface area contributed by atoms with Crippen molar-refractivity contribution in [3.8, 4) is 0 Å². The Morgan fingerprint density at radius 2 is 2.29 bits per heavy atom. The number of rotatable bonds is 1. The van der Waals surface area contributed by atoms with E-state index in [9.17, 15) is 4.79 Å². The summed E-state index contributed by atoms with van der Waals surface area (Å²) >= 11 is 0. The predicted molar refractivity (Wildman–Crippen MR) is 52.1 cm³/mol. The minimum absolute atomic E-state index is 0.432. The van der Waals surface area contributed by atoms with Crippen LogP contribution in [0.4, 0.5) is 10.6 Å². The normalized spacial score (nSPS) is 11.1. The number of aromatic nitrogens is 2. The van der Waals surface area contributed by atoms with Gasteiger partial charge in [-0.1, -0.05) is 0 Å². The molecular formula is C9H14N3O2. The maximum atomic E-state index is 11.5. The van der Waals surface area contributed by atoms with E-state index in [4.69, 9.17) is 4.74 Å². The van der Waals surface area contributed by atoms with Gasteiger partial charge >= 0.3 is 6.09 Å². The number of carbonyl (C=O) groups excluding carboxylic acids is 1. The van der Waals surface area contributed by atoms with E-state index in [1.165, 1.54) is 4.90 Å². The first-order chi connectivity index (χ1) is 6.40. The zero-order valence-electron chi connectivity index (χ0n) is 8.79. The molecule has 0 aliphatic heterocycles. The summed E-state index contributed by atoms with van der Waals surface area (Å²) in [7, 11) is 1.60. The van der Waals surface area contributed by atoms with E-state index in [1.807, 2.05) is 20.8 Å². The molecule has 5 nitrogen and oxygen atoms in total. The van der Waals surface area contributed by atoms with Gasteiger partial charge in [0.2, 0.25) is 0 Å². The molecule has 0 fully saturated rings. The molecule has 0 saturated heterocycles. The van der Waals surface area contributed by atoms with E-state index in [1.54, 1.807) is 13.2 Å². The number of hydrogen-bond acceptors (Lipinski definition) is 3. The third-order valence-corrected chi connectivity index (χ3v) is 1.45. The summed E-state index contributed by atoms with van der Waals surface area (Å²) in [6.07, 6.45) is 3.64. The van der Waals surface area contributed by atoms with Crippen molar-refractivity contribution in [2.24, 2.45) is 0 Å². The third-order valence-electron chi connectivity index (χ3n) is 1.45. The average Bonchev–Trinajstić information content (AvgIpc) is 2.51. The van der Waals surface area contributed by atoms with Gasteiger partial charge in [-0.05, 0) is 20.8 Å². The molecule has 0 bridgehead atoms. The number of carbonyl (C=O) groups is 1. The number of aromatic amines is 1. The zero-order chi connectivity index (χ0) is 10.8. The Morgan fingerprint density at radius 3 is 2.71 bits per heavy atom. The molecule has 77 valence electrons. The van der Waals surface area contributed by atoms with Crippen LogP contribution in [0.3, 0.4) is 0 Å². The molecule has 0 saturated carbocycles. The van der Waals surface area contributed by atoms with Crippen molar-refractivity contribution in [3.05, 3.63) is 12.5 Å². The Morgan fingerprint density at radius 1 is 1.64 bits per heavy atom. The van der Waals surface area contributed by atoms with Gasteiger partial charge < -0.3 is 9.72 Å². The molecule has 5 heteroatoms. The van der Waals surface area contributed by atoms with Gasteiger partial charge in [-0.15, -0.1) is 0 Å². The molecule has 0 aromatic carbocycles. The lowest BCUT2D eigenvalue weighted by Crippen LogP contribution is -2.34. The van der Waals surface area contributed by atoms with Gasteiger partial charge in [0.1, 0.15) is 5.60 Å². The molecule has 0 unspecified atom stereocenters. The van der Waals surface area contributed by atoms with Crippen molar-refractivity contribution in [3.63, 3.8) is 0 Å². The van der Waals surface area contributed by atoms with Crippen LogP contribution in [0.25, 0.3) is 0 Å². The Hall–Kier alpha value is -1.52. The number of nitrogens with one attached hydrogen (secondary N) is 1. The lowest BCUT2D eigenvalue weighted by Gasteiger charge is -2.23. The topological polar surface area (TPSA) is 58.2 Å². The molecule has 1 aromatic heterocycles. The van der Waals surface area contributed by atoms with Crippen LogP contribution in [-0.4, -0.2) is 28.7 Å². The highest BCUT2D eigenvalue weighted by molar-refractivity contribution is 5.85. The van der Waals surface area contributed by atoms with E-state index < -0.39 is 11.7 Å². The number of amides is 1. The molecular weight excluding hydrogens is 182 g/mol. The van der Waals surface area contributed by atoms with Crippen molar-refractivity contribution in [1.29, 1.82) is 0 Å². The minimum Gasteiger partial charge on any atom is -0.443 e. The van der Waals surface area contributed by atoms with Crippen LogP contribution in [0.15, 0.2) is 6.20 Å². The van der Waals surface area contributed by atoms with Crippen LogP contribution in [0.1, 0.15) is 20.8 Å². The van der Waals surface area contributed by atoms with Gasteiger partial charge in [-0.25, -0.2) is 9.78 Å². The number of nitrogens with zero attached hydrogens (tertiary/aromatic N) is 2. The first-order valence-electron chi connectivity index (χ1n) is 4.28. The van der Waals surface area contributed by atoms with Gasteiger partial charge in [-0.2, -0.15) is 0 Å². The summed E-state index contributed by atoms with van der Waals surface area (Å²) in [4.78, 5) is 19.3. The van der Waals surface area contributed by atoms with Crippen molar-refractivity contribution in [2.45, 2.75) is 26.4 Å². The number of anilines is 1. The fraction of sp³-hybridized carbons (Fsp3) is 0.556. The molecule has 1 radical (unpaired) electrons. The molecule has 1 rings (SSSR count). The van der Waals surface area contributed by atoms with Gasteiger partial charge in [0.25, 0.3) is 0 Å². The molecule has 0 aliphatic rings. The second-order valence-electron chi connectivity index (χ2n) is 3.91. The lowest BCUT2D eigenvalue weighted by molar-refractivity contribution is 0.0588. The third kappa shape index (κ3) is 2.76. The quantitative estimate of drug-likeness (QED) is 0.741. The first-order valence-corrected chi connectivity index (χ1v) is 4.28. The van der Waals surface area contributed by atoms with Crippen molar-refractivity contribution in [2.75, 3.05) is 11.9 Å². The standard InChI is InChI=1S/C9H14N3O2/c1-9(2,3)14-8(13)12(4)7-5-10-6-11-7/h5H,1-4H3,(H,10,11). The van der Waals surface area contributed by atoms with Gasteiger partial charge in [0, 0.05) is 13.2 Å². The average molecular weight is 196 g/mol. The van der Waals surface area contributed by atoms with Crippen LogP contribution in [-0.2, 0) is 4.74 Å². The van der Waals surface area contributed by atoms with Gasteiger partial charge in [-0.3, -0.25) is 4.90 Å². The first kappa shape index (κ1) is 10.6. The Balaban J connectivity index is 2.63. The van der Waals surface area contributed by atoms with E-state index in [2.05, 4.69) is 16.3 Å². The smallest absolute Gasteiger partial charge is 0.415 e. The van der Waals surface area contributed by atoms with E-state index in [0.29, 0.717) is 5.82 Å². The molecule has 1 amide bonds. The summed E-state index contributed by atoms with van der Waals surface area (Å²) in [6, 6.07) is 0. The van der Waals surface area contributed by atoms with Gasteiger partial charge in [0.05, 0.1) is 0 Å². The van der Waals surface area contributed by atoms with E-state index in [0.717, 1.165) is 0 Å². The van der Waals surface area contributed by atoms with Crippen LogP contribution in [0.2, 0.25) is 0 Å². The summed E-state index contributed by atoms with van der Waals surface area (Å²) < 4.78 is 5.14. The summed E-state index contributed by atoms with van der Waals surface area (Å²) in [5.74, 6) is 0.485. The molecule has 1 N–H and O–H groups in total. The lowest BCUT2D eigenvalue weighted by atomic mass is 10.2. The monoisotopic (exact) mass is 196 g/mol. The largest absolute Gasteiger partial charge is 0.443 e.